The van der Waals surface area contributed by atoms with Gasteiger partial charge in [-0.05, 0) is 26.0 Å². The molecule has 0 spiro atoms. The molecule has 2 aromatic heterocycles. The number of aromatic amines is 1. The maximum Gasteiger partial charge on any atom is 0.0117 e. The molecular formula is C35H49N3W-2. The number of benzene rings is 2. The Kier molecular flexibility index (Phi) is 14.5. The van der Waals surface area contributed by atoms with Gasteiger partial charge in [-0.1, -0.05) is 26.0 Å². The third kappa shape index (κ3) is 11.6. The smallest absolute Gasteiger partial charge is 0.0117 e. The second-order valence-electron chi connectivity index (χ2n) is 11.0. The van der Waals surface area contributed by atoms with Crippen molar-refractivity contribution >= 4 is 10.1 Å². The summed E-state index contributed by atoms with van der Waals surface area (Å²) in [7, 11) is 0. The number of hydrogen-bond donors (Lipinski definition) is 1. The van der Waals surface area contributed by atoms with Gasteiger partial charge in [0.05, 0.1) is 0 Å². The fourth-order valence-corrected chi connectivity index (χ4v) is 6.76. The first kappa shape index (κ1) is 34.4. The molecule has 0 fully saturated rings. The van der Waals surface area contributed by atoms with Crippen molar-refractivity contribution in [3.63, 3.8) is 0 Å². The first-order valence-electron chi connectivity index (χ1n) is 13.5. The van der Waals surface area contributed by atoms with E-state index in [9.17, 15) is 0 Å². The summed E-state index contributed by atoms with van der Waals surface area (Å²) in [6, 6.07) is 25.6. The second kappa shape index (κ2) is 16.5. The molecular weight excluding hydrogens is 646 g/mol. The normalized spacial score (nSPS) is 10.6. The molecule has 0 unspecified atom stereocenters. The van der Waals surface area contributed by atoms with Crippen LogP contribution in [0.4, 0.5) is 5.69 Å². The molecule has 3 nitrogen and oxygen atoms in total. The number of aryl methyl sites for hydroxylation is 4. The molecule has 0 radical (unpaired) electrons. The van der Waals surface area contributed by atoms with Crippen LogP contribution >= 0.6 is 0 Å². The Hall–Kier alpha value is -2.64. The molecule has 39 heavy (non-hydrogen) atoms. The van der Waals surface area contributed by atoms with E-state index < -0.39 is 17.9 Å². The van der Waals surface area contributed by atoms with Gasteiger partial charge in [0.1, 0.15) is 0 Å². The van der Waals surface area contributed by atoms with Crippen molar-refractivity contribution in [2.45, 2.75) is 86.5 Å². The Bertz CT molecular complexity index is 1220. The van der Waals surface area contributed by atoms with Crippen LogP contribution in [0.5, 0.6) is 0 Å². The predicted octanol–water partition coefficient (Wildman–Crippen LogP) is 9.95. The summed E-state index contributed by atoms with van der Waals surface area (Å²) in [6.07, 6.45) is 0. The quantitative estimate of drug-likeness (QED) is 0.208. The first-order chi connectivity index (χ1) is 17.9. The summed E-state index contributed by atoms with van der Waals surface area (Å²) in [5.74, 6) is 1.03. The van der Waals surface area contributed by atoms with E-state index in [1.54, 1.807) is 0 Å². The van der Waals surface area contributed by atoms with Crippen LogP contribution in [0.15, 0.2) is 76.3 Å². The summed E-state index contributed by atoms with van der Waals surface area (Å²) < 4.78 is 7.66. The third-order valence-electron chi connectivity index (χ3n) is 6.25. The van der Waals surface area contributed by atoms with Crippen LogP contribution in [0.2, 0.25) is 0 Å². The molecule has 0 saturated carbocycles. The van der Waals surface area contributed by atoms with Gasteiger partial charge in [0, 0.05) is 11.4 Å². The zero-order valence-electron chi connectivity index (χ0n) is 26.0. The van der Waals surface area contributed by atoms with E-state index in [2.05, 4.69) is 117 Å². The van der Waals surface area contributed by atoms with Crippen LogP contribution in [-0.2, 0) is 23.3 Å². The maximum absolute atomic E-state index is 5.17. The van der Waals surface area contributed by atoms with Crippen molar-refractivity contribution in [1.29, 1.82) is 0 Å². The van der Waals surface area contributed by atoms with Gasteiger partial charge in [-0.25, -0.2) is 0 Å². The fourth-order valence-electron chi connectivity index (χ4n) is 4.00. The van der Waals surface area contributed by atoms with Crippen LogP contribution in [-0.4, -0.2) is 9.38 Å². The molecule has 2 aromatic carbocycles. The minimum atomic E-state index is -0.918. The van der Waals surface area contributed by atoms with E-state index in [-0.39, 0.29) is 12.8 Å². The van der Waals surface area contributed by atoms with Crippen LogP contribution in [0.1, 0.15) is 92.8 Å². The van der Waals surface area contributed by atoms with E-state index in [0.29, 0.717) is 11.8 Å². The van der Waals surface area contributed by atoms with Crippen LogP contribution in [0.25, 0.3) is 0 Å². The minimum absolute atomic E-state index is 0. The van der Waals surface area contributed by atoms with Gasteiger partial charge >= 0.3 is 156 Å². The standard InChI is InChI=1S/C12H17N.C10H12.C6H9N.C6H8N.CH3.W/c1-8(2)10-6-5-7-11(9(3)4)12(10)13;1-10(2,3)9-7-5-4-6-8-9;2*1-5-3-4-6(2)7-5;;/h5-9H,1-4H3;1,4-8H,2-3H3;3-4,7H,1-2H3;3-4H,1-2H3;1H3;/q;;;2*-1;. The Morgan fingerprint density at radius 1 is 0.718 bits per heavy atom. The maximum atomic E-state index is 5.17. The van der Waals surface area contributed by atoms with Gasteiger partial charge in [-0.3, -0.25) is 0 Å². The molecule has 0 saturated heterocycles. The van der Waals surface area contributed by atoms with Crippen molar-refractivity contribution in [2.75, 3.05) is 0 Å². The number of nitrogens with zero attached hydrogens (tertiary/aromatic N) is 2. The van der Waals surface area contributed by atoms with E-state index in [4.69, 9.17) is 3.50 Å². The zero-order valence-corrected chi connectivity index (χ0v) is 28.9. The number of H-pyrrole nitrogens is 1. The second-order valence-corrected chi connectivity index (χ2v) is 13.3. The predicted molar refractivity (Wildman–Crippen MR) is 168 cm³/mol. The van der Waals surface area contributed by atoms with E-state index in [1.807, 2.05) is 39.8 Å². The van der Waals surface area contributed by atoms with Gasteiger partial charge < -0.3 is 17.4 Å². The average Bonchev–Trinajstić information content (AvgIpc) is 3.45. The molecule has 0 bridgehead atoms. The summed E-state index contributed by atoms with van der Waals surface area (Å²) in [5, 5.41) is 0. The Balaban J connectivity index is 0.000000410. The molecule has 0 aliphatic rings. The molecule has 4 heteroatoms. The summed E-state index contributed by atoms with van der Waals surface area (Å²) in [4.78, 5) is 7.25. The molecule has 0 amide bonds. The van der Waals surface area contributed by atoms with Crippen LogP contribution in [0, 0.1) is 35.1 Å². The molecule has 0 aliphatic carbocycles. The summed E-state index contributed by atoms with van der Waals surface area (Å²) >= 11 is -0.918. The topological polar surface area (TPSA) is 42.2 Å². The molecule has 1 N–H and O–H groups in total. The van der Waals surface area contributed by atoms with Crippen LogP contribution < -0.4 is 4.98 Å². The zero-order chi connectivity index (χ0) is 28.3. The molecule has 2 heterocycles. The third-order valence-corrected chi connectivity index (χ3v) is 9.78. The van der Waals surface area contributed by atoms with E-state index in [0.717, 1.165) is 11.4 Å². The van der Waals surface area contributed by atoms with E-state index >= 15 is 0 Å². The van der Waals surface area contributed by atoms with Gasteiger partial charge in [-0.2, -0.15) is 11.4 Å². The molecule has 4 rings (SSSR count). The van der Waals surface area contributed by atoms with Crippen molar-refractivity contribution in [1.82, 2.24) is 9.97 Å². The SMILES string of the molecule is CC(C)c1cccc(C(C)C)c1[N]=[W]=[CH]C(C)(C)c1ccccc1.Cc1ccc(C)[n-]1.Cc1ccc(C)[nH]1.[CH3-]. The van der Waals surface area contributed by atoms with Crippen molar-refractivity contribution < 1.29 is 17.9 Å². The summed E-state index contributed by atoms with van der Waals surface area (Å²) in [6.45, 7) is 21.7. The van der Waals surface area contributed by atoms with Crippen molar-refractivity contribution in [3.8, 4) is 0 Å². The molecule has 212 valence electrons. The Morgan fingerprint density at radius 2 is 1.21 bits per heavy atom. The van der Waals surface area contributed by atoms with Gasteiger partial charge in [0.15, 0.2) is 0 Å². The first-order valence-corrected chi connectivity index (χ1v) is 16.5. The Morgan fingerprint density at radius 3 is 1.56 bits per heavy atom. The van der Waals surface area contributed by atoms with Gasteiger partial charge in [0.2, 0.25) is 0 Å². The number of aromatic nitrogens is 2. The fraction of sp³-hybridized carbons (Fsp3) is 0.371. The summed E-state index contributed by atoms with van der Waals surface area (Å²) in [5.41, 5.74) is 10.2. The molecule has 0 atom stereocenters. The molecule has 4 aromatic rings. The largest absolute Gasteiger partial charge is 0.665 e. The number of hydrogen-bond acceptors (Lipinski definition) is 1. The van der Waals surface area contributed by atoms with Crippen molar-refractivity contribution in [3.05, 3.63) is 120 Å². The van der Waals surface area contributed by atoms with Gasteiger partial charge in [0.25, 0.3) is 0 Å². The van der Waals surface area contributed by atoms with Crippen molar-refractivity contribution in [2.24, 2.45) is 3.50 Å². The number of rotatable bonds is 5. The average molecular weight is 696 g/mol. The van der Waals surface area contributed by atoms with Gasteiger partial charge in [-0.15, -0.1) is 0 Å². The Labute approximate surface area is 246 Å². The molecule has 0 aliphatic heterocycles. The minimum Gasteiger partial charge on any atom is -0.665 e. The monoisotopic (exact) mass is 695 g/mol. The van der Waals surface area contributed by atoms with Crippen LogP contribution in [0.3, 0.4) is 0 Å². The van der Waals surface area contributed by atoms with E-state index in [1.165, 1.54) is 33.8 Å². The number of nitrogens with one attached hydrogen (secondary N) is 1.